The molecular formula is C97H169BrClN19O13S2. The zero-order valence-corrected chi connectivity index (χ0v) is 90.0. The highest BCUT2D eigenvalue weighted by Crippen LogP contribution is 2.43. The maximum absolute atomic E-state index is 13.5. The molecular weight excluding hydrogens is 1820 g/mol. The molecule has 4 saturated heterocycles. The Balaban J connectivity index is 0.000000427. The summed E-state index contributed by atoms with van der Waals surface area (Å²) in [6.45, 7) is 69.4. The number of urea groups is 2. The molecule has 0 saturated carbocycles. The summed E-state index contributed by atoms with van der Waals surface area (Å²) < 4.78 is 68.8. The molecule has 10 rings (SSSR count). The Morgan fingerprint density at radius 1 is 0.564 bits per heavy atom. The third kappa shape index (κ3) is 48.1. The molecule has 756 valence electrons. The Morgan fingerprint density at radius 3 is 1.39 bits per heavy atom. The molecule has 32 nitrogen and oxygen atoms in total. The molecule has 0 spiro atoms. The number of nitrogens with zero attached hydrogens (tertiary/aromatic N) is 12. The number of hydrogen-bond donors (Lipinski definition) is 7. The van der Waals surface area contributed by atoms with Crippen LogP contribution < -0.4 is 51.1 Å². The highest BCUT2D eigenvalue weighted by molar-refractivity contribution is 9.09. The molecule has 0 aliphatic carbocycles. The molecule has 133 heavy (non-hydrogen) atoms. The predicted molar refractivity (Wildman–Crippen MR) is 537 cm³/mol. The van der Waals surface area contributed by atoms with Gasteiger partial charge >= 0.3 is 24.2 Å². The highest BCUT2D eigenvalue weighted by atomic mass is 79.9. The Hall–Kier alpha value is -7.91. The molecule has 6 aliphatic rings. The van der Waals surface area contributed by atoms with E-state index in [-0.39, 0.29) is 61.0 Å². The van der Waals surface area contributed by atoms with Gasteiger partial charge in [-0.15, -0.1) is 0 Å². The number of amides is 8. The van der Waals surface area contributed by atoms with Crippen LogP contribution in [0.5, 0.6) is 0 Å². The normalized spacial score (nSPS) is 18.1. The fraction of sp³-hybridized carbons (Fsp3) is 0.753. The van der Waals surface area contributed by atoms with Crippen molar-refractivity contribution in [2.45, 2.75) is 348 Å². The van der Waals surface area contributed by atoms with E-state index in [1.54, 1.807) is 38.8 Å². The van der Waals surface area contributed by atoms with Gasteiger partial charge in [-0.25, -0.2) is 38.6 Å². The van der Waals surface area contributed by atoms with Crippen LogP contribution in [0.4, 0.5) is 36.6 Å². The van der Waals surface area contributed by atoms with Gasteiger partial charge in [-0.3, -0.25) is 23.9 Å². The molecule has 0 radical (unpaired) electrons. The summed E-state index contributed by atoms with van der Waals surface area (Å²) >= 11 is 9.50. The van der Waals surface area contributed by atoms with Crippen LogP contribution in [-0.2, 0) is 47.4 Å². The van der Waals surface area contributed by atoms with Crippen LogP contribution in [0.3, 0.4) is 0 Å². The van der Waals surface area contributed by atoms with E-state index in [4.69, 9.17) is 37.1 Å². The van der Waals surface area contributed by atoms with Gasteiger partial charge in [0.2, 0.25) is 0 Å². The number of ether oxygens (including phenoxy) is 2. The number of aromatic nitrogens is 6. The molecule has 2 atom stereocenters. The molecule has 6 aliphatic heterocycles. The molecule has 0 aromatic carbocycles. The highest BCUT2D eigenvalue weighted by Gasteiger charge is 2.44. The van der Waals surface area contributed by atoms with Crippen LogP contribution >= 0.6 is 27.5 Å². The summed E-state index contributed by atoms with van der Waals surface area (Å²) in [5.41, 5.74) is 6.26. The third-order valence-corrected chi connectivity index (χ3v) is 24.8. The van der Waals surface area contributed by atoms with Gasteiger partial charge in [0.1, 0.15) is 40.1 Å². The van der Waals surface area contributed by atoms with Crippen LogP contribution in [0.15, 0.2) is 58.8 Å². The largest absolute Gasteiger partial charge is 0.444 e. The van der Waals surface area contributed by atoms with Gasteiger partial charge in [0, 0.05) is 133 Å². The number of nitrogens with two attached hydrogens (primary N) is 1. The fourth-order valence-corrected chi connectivity index (χ4v) is 18.1. The van der Waals surface area contributed by atoms with Gasteiger partial charge < -0.3 is 60.9 Å². The van der Waals surface area contributed by atoms with E-state index in [2.05, 4.69) is 230 Å². The van der Waals surface area contributed by atoms with Crippen molar-refractivity contribution in [2.75, 3.05) is 105 Å². The molecule has 8 bridgehead atoms. The summed E-state index contributed by atoms with van der Waals surface area (Å²) in [6.07, 6.45) is 20.2. The van der Waals surface area contributed by atoms with E-state index in [1.165, 1.54) is 43.5 Å². The second kappa shape index (κ2) is 53.1. The van der Waals surface area contributed by atoms with Crippen LogP contribution in [-0.4, -0.2) is 211 Å². The second-order valence-electron chi connectivity index (χ2n) is 45.5. The first-order valence-corrected chi connectivity index (χ1v) is 51.8. The molecule has 4 aromatic rings. The first-order valence-electron chi connectivity index (χ1n) is 47.4. The smallest absolute Gasteiger partial charge is 0.407 e. The van der Waals surface area contributed by atoms with Gasteiger partial charge in [0.25, 0.3) is 31.9 Å². The van der Waals surface area contributed by atoms with E-state index in [1.807, 2.05) is 51.3 Å². The quantitative estimate of drug-likeness (QED) is 0.0198. The standard InChI is InChI=1S/C28H41N7O4S.C18H22ClN5O3S.C14H30N2O2.C10H20N2O.C7H16N2O2.C7H13N.C7H14O.C6H13Br/c1-27(2,3)12-7-13-32-16-17-34(26(32)37)22-10-9-21-24(29-22)35-19-20(18-28(35,4)5)8-6-14-33-15-11-23(30-33)40(38,39)31-25(21)36;1-18(2)10-12-4-3-8-23-9-7-15(21-23)28(26,27)22-17(25)13-5-6-14(19)20-16(13)24(18)11-12;1-13(2,3)8-7-9-15-10-11-16-12(17)18-14(4,5)6;1-10(2,3)5-4-7-12-8-6-11-9(12)13;1-7(2,3)11-6(10)9-5-4-8;2*1-7(2,3)5-4-6-8;1-6(2,3)4-5-7/h9-11,15,20H,6-8,12-14,16-19H2,1-5H3,(H,31,36);5-7,9,12H,3-4,8,10-11H2,1-2H3,(H,22,25);15H,7-11H2,1-6H3,(H,16,17);4-8H2,1-3H3,(H,11,13);4-5,8H2,1-3H3,(H,9,10);4-5H2,1-3H3;6H,4-5H2,1-3H3;4-5H2,1-3H3. The number of carbonyl (C=O) groups excluding carboxylic acids is 7. The lowest BCUT2D eigenvalue weighted by atomic mass is 9.90. The number of rotatable bonds is 19. The van der Waals surface area contributed by atoms with E-state index in [0.29, 0.717) is 128 Å². The van der Waals surface area contributed by atoms with Crippen LogP contribution in [0, 0.1) is 55.7 Å². The monoisotopic (exact) mass is 1990 g/mol. The lowest BCUT2D eigenvalue weighted by molar-refractivity contribution is -0.108. The maximum atomic E-state index is 13.5. The average molecular weight is 1990 g/mol. The summed E-state index contributed by atoms with van der Waals surface area (Å²) in [6, 6.07) is 11.2. The van der Waals surface area contributed by atoms with Gasteiger partial charge in [0.15, 0.2) is 10.1 Å². The molecule has 4 fully saturated rings. The number of alkyl carbamates (subject to hydrolysis) is 2. The van der Waals surface area contributed by atoms with Gasteiger partial charge in [-0.05, 0) is 253 Å². The number of nitrogens with one attached hydrogen (secondary N) is 6. The van der Waals surface area contributed by atoms with E-state index >= 15 is 0 Å². The lowest BCUT2D eigenvalue weighted by Crippen LogP contribution is -2.41. The maximum Gasteiger partial charge on any atom is 0.407 e. The first kappa shape index (κ1) is 119. The molecule has 4 aromatic heterocycles. The van der Waals surface area contributed by atoms with Gasteiger partial charge in [-0.1, -0.05) is 152 Å². The number of aryl methyl sites for hydroxylation is 2. The van der Waals surface area contributed by atoms with Crippen LogP contribution in [0.1, 0.15) is 324 Å². The molecule has 2 unspecified atom stereocenters. The average Bonchev–Trinajstić information content (AvgIpc) is 1.63. The Morgan fingerprint density at radius 2 is 1.00 bits per heavy atom. The van der Waals surface area contributed by atoms with Gasteiger partial charge in [-0.2, -0.15) is 32.3 Å². The first-order chi connectivity index (χ1) is 61.1. The van der Waals surface area contributed by atoms with E-state index in [0.717, 1.165) is 128 Å². The van der Waals surface area contributed by atoms with Crippen molar-refractivity contribution in [1.29, 1.82) is 5.26 Å². The lowest BCUT2D eigenvalue weighted by Gasteiger charge is -2.34. The Bertz CT molecular complexity index is 4580. The minimum absolute atomic E-state index is 0.0941. The van der Waals surface area contributed by atoms with Gasteiger partial charge in [0.05, 0.1) is 17.2 Å². The minimum atomic E-state index is -4.17. The number of anilines is 3. The number of halogens is 2. The number of hydrogen-bond acceptors (Lipinski definition) is 22. The number of sulfonamides is 2. The molecule has 36 heteroatoms. The number of nitriles is 1. The summed E-state index contributed by atoms with van der Waals surface area (Å²) in [7, 11) is -8.25. The predicted octanol–water partition coefficient (Wildman–Crippen LogP) is 18.7. The summed E-state index contributed by atoms with van der Waals surface area (Å²) in [5.74, 6) is 0.589. The van der Waals surface area contributed by atoms with Crippen molar-refractivity contribution in [3.8, 4) is 6.07 Å². The SMILES string of the molecule is CC(C)(C)CCBr.CC(C)(C)CCC#N.CC(C)(C)CCC=O.CC(C)(C)CCCN1CCN(c2ccc3c(n2)N2CC(CCCn4ccc(n4)S(=O)(=O)NC3=O)CC2(C)C)C1=O.CC(C)(C)CCCN1CCNC1=O.CC(C)(C)CCCNCCNC(=O)OC(C)(C)C.CC(C)(C)OC(=O)NCCN.CC1(C)CC2CCCn3ccc(n3)S(=O)(=O)NC(=O)c3ccc(Cl)nc3N1C2. The zero-order chi connectivity index (χ0) is 101. The van der Waals surface area contributed by atoms with Crippen LogP contribution in [0.25, 0.3) is 0 Å². The van der Waals surface area contributed by atoms with Crippen molar-refractivity contribution in [1.82, 2.24) is 70.0 Å². The molecule has 10 heterocycles. The third-order valence-electron chi connectivity index (χ3n) is 21.8. The number of carbonyl (C=O) groups is 7. The fourth-order valence-electron chi connectivity index (χ4n) is 14.9. The molecule has 8 amide bonds. The van der Waals surface area contributed by atoms with Crippen molar-refractivity contribution < 1.29 is 59.9 Å². The van der Waals surface area contributed by atoms with Crippen LogP contribution in [0.2, 0.25) is 5.15 Å². The molecule has 8 N–H and O–H groups in total. The minimum Gasteiger partial charge on any atom is -0.444 e. The number of pyridine rings is 2. The van der Waals surface area contributed by atoms with E-state index in [9.17, 15) is 50.4 Å². The van der Waals surface area contributed by atoms with Crippen molar-refractivity contribution >= 4 is 107 Å². The Kier molecular flexibility index (Phi) is 47.7. The Labute approximate surface area is 812 Å². The van der Waals surface area contributed by atoms with Crippen molar-refractivity contribution in [2.24, 2.45) is 50.1 Å². The topological polar surface area (TPSA) is 406 Å². The van der Waals surface area contributed by atoms with Crippen molar-refractivity contribution in [3.63, 3.8) is 0 Å². The summed E-state index contributed by atoms with van der Waals surface area (Å²) in [4.78, 5) is 102. The second-order valence-corrected chi connectivity index (χ2v) is 50.0. The number of alkyl halides is 1. The van der Waals surface area contributed by atoms with E-state index < -0.39 is 49.2 Å². The summed E-state index contributed by atoms with van der Waals surface area (Å²) in [5, 5.41) is 28.8. The van der Waals surface area contributed by atoms with Crippen molar-refractivity contribution in [3.05, 3.63) is 65.1 Å². The number of aldehydes is 1. The zero-order valence-electron chi connectivity index (χ0n) is 86.0. The number of fused-ring (bicyclic) bond motifs is 12.